The summed E-state index contributed by atoms with van der Waals surface area (Å²) in [5.41, 5.74) is -6.94. The van der Waals surface area contributed by atoms with Crippen LogP contribution in [0, 0.1) is 17.8 Å². The molecule has 1 aliphatic carbocycles. The third-order valence-electron chi connectivity index (χ3n) is 8.93. The van der Waals surface area contributed by atoms with E-state index in [4.69, 9.17) is 0 Å². The number of hydrogen-bond donors (Lipinski definition) is 1. The first-order chi connectivity index (χ1) is 20.7. The minimum atomic E-state index is -6.34. The van der Waals surface area contributed by atoms with E-state index in [1.165, 1.54) is 23.1 Å². The van der Waals surface area contributed by atoms with Crippen LogP contribution >= 0.6 is 0 Å². The lowest BCUT2D eigenvalue weighted by molar-refractivity contribution is -0.348. The van der Waals surface area contributed by atoms with Crippen molar-refractivity contribution in [3.63, 3.8) is 0 Å². The number of carbonyl (C=O) groups is 2. The zero-order valence-electron chi connectivity index (χ0n) is 24.6. The quantitative estimate of drug-likeness (QED) is 0.308. The maximum atomic E-state index is 14.8. The number of alkyl halides is 7. The van der Waals surface area contributed by atoms with Crippen molar-refractivity contribution in [2.24, 2.45) is 17.8 Å². The monoisotopic (exact) mass is 665 g/mol. The van der Waals surface area contributed by atoms with Crippen molar-refractivity contribution in [2.75, 3.05) is 13.1 Å². The summed E-state index contributed by atoms with van der Waals surface area (Å²) in [4.78, 5) is 26.0. The van der Waals surface area contributed by atoms with Crippen LogP contribution in [-0.4, -0.2) is 55.7 Å². The zero-order valence-corrected chi connectivity index (χ0v) is 25.4. The van der Waals surface area contributed by atoms with Crippen molar-refractivity contribution in [3.05, 3.63) is 65.2 Å². The molecule has 4 rings (SSSR count). The predicted octanol–water partition coefficient (Wildman–Crippen LogP) is 6.97. The summed E-state index contributed by atoms with van der Waals surface area (Å²) in [5.74, 6) is -2.37. The Hall–Kier alpha value is -3.16. The number of sulfone groups is 1. The Morgan fingerprint density at radius 2 is 1.47 bits per heavy atom. The molecule has 2 aromatic rings. The van der Waals surface area contributed by atoms with E-state index < -0.39 is 68.4 Å². The van der Waals surface area contributed by atoms with Crippen molar-refractivity contribution in [1.29, 1.82) is 0 Å². The number of carbonyl (C=O) groups excluding carboxylic acids is 1. The molecule has 14 heteroatoms. The number of benzene rings is 2. The molecule has 0 spiro atoms. The molecule has 6 nitrogen and oxygen atoms in total. The minimum absolute atomic E-state index is 0.0808. The number of nitrogens with zero attached hydrogens (tertiary/aromatic N) is 1. The van der Waals surface area contributed by atoms with Crippen LogP contribution in [-0.2, 0) is 36.3 Å². The van der Waals surface area contributed by atoms with Crippen LogP contribution in [0.4, 0.5) is 30.7 Å². The summed E-state index contributed by atoms with van der Waals surface area (Å²) in [6.07, 6.45) is -11.3. The van der Waals surface area contributed by atoms with E-state index >= 15 is 0 Å². The van der Waals surface area contributed by atoms with E-state index in [1.807, 2.05) is 13.8 Å². The van der Waals surface area contributed by atoms with Gasteiger partial charge in [0.25, 0.3) is 0 Å². The number of halogens is 7. The van der Waals surface area contributed by atoms with Crippen LogP contribution in [0.2, 0.25) is 0 Å². The van der Waals surface area contributed by atoms with Crippen molar-refractivity contribution in [3.8, 4) is 0 Å². The van der Waals surface area contributed by atoms with E-state index in [0.717, 1.165) is 12.1 Å². The maximum absolute atomic E-state index is 14.8. The van der Waals surface area contributed by atoms with E-state index in [0.29, 0.717) is 24.1 Å². The first-order valence-electron chi connectivity index (χ1n) is 14.5. The van der Waals surface area contributed by atoms with Crippen LogP contribution in [0.25, 0.3) is 0 Å². The molecular formula is C31H34F7NO5S. The highest BCUT2D eigenvalue weighted by molar-refractivity contribution is 7.92. The highest BCUT2D eigenvalue weighted by Crippen LogP contribution is 2.54. The van der Waals surface area contributed by atoms with Gasteiger partial charge >= 0.3 is 24.0 Å². The summed E-state index contributed by atoms with van der Waals surface area (Å²) < 4.78 is 122. The lowest BCUT2D eigenvalue weighted by Crippen LogP contribution is -2.50. The highest BCUT2D eigenvalue weighted by Gasteiger charge is 2.73. The second-order valence-electron chi connectivity index (χ2n) is 12.4. The minimum Gasteiger partial charge on any atom is -0.481 e. The fourth-order valence-electron chi connectivity index (χ4n) is 6.45. The second kappa shape index (κ2) is 12.2. The van der Waals surface area contributed by atoms with Gasteiger partial charge in [-0.2, -0.15) is 26.3 Å². The molecule has 0 radical (unpaired) electrons. The number of carboxylic acid groups (broad SMARTS) is 1. The van der Waals surface area contributed by atoms with Gasteiger partial charge in [-0.05, 0) is 67.7 Å². The van der Waals surface area contributed by atoms with E-state index in [-0.39, 0.29) is 55.0 Å². The molecule has 248 valence electrons. The normalized spacial score (nSPS) is 23.4. The summed E-state index contributed by atoms with van der Waals surface area (Å²) >= 11 is 0. The van der Waals surface area contributed by atoms with Crippen LogP contribution in [0.15, 0.2) is 53.4 Å². The van der Waals surface area contributed by atoms with Crippen LogP contribution < -0.4 is 0 Å². The Morgan fingerprint density at radius 1 is 0.911 bits per heavy atom. The first kappa shape index (κ1) is 34.7. The molecule has 1 unspecified atom stereocenters. The molecule has 2 fully saturated rings. The molecule has 1 atom stereocenters. The van der Waals surface area contributed by atoms with Crippen molar-refractivity contribution in [2.45, 2.75) is 80.0 Å². The Balaban J connectivity index is 1.77. The van der Waals surface area contributed by atoms with Gasteiger partial charge in [0.2, 0.25) is 5.91 Å². The Bertz CT molecular complexity index is 1500. The standard InChI is InChI=1S/C31H34F7NO5S/c1-19(2)16-20-4-3-5-25(17-20)45(43,44)28(14-15-39(18-28)26(40)21-6-8-22(9-7-21)27(41)42)23-10-12-24(13-11-23)29(32,30(33,34)35)31(36,37)38/h3-5,10-13,17,19,21-22H,6-9,14-16,18H2,1-2H3,(H,41,42)/t21-,22-,28?. The smallest absolute Gasteiger partial charge is 0.435 e. The van der Waals surface area contributed by atoms with Gasteiger partial charge in [-0.1, -0.05) is 50.2 Å². The number of amides is 1. The highest BCUT2D eigenvalue weighted by atomic mass is 32.2. The van der Waals surface area contributed by atoms with E-state index in [2.05, 4.69) is 0 Å². The lowest BCUT2D eigenvalue weighted by Gasteiger charge is -2.33. The van der Waals surface area contributed by atoms with Gasteiger partial charge < -0.3 is 10.0 Å². The molecule has 1 amide bonds. The average molecular weight is 666 g/mol. The van der Waals surface area contributed by atoms with Gasteiger partial charge in [0, 0.05) is 24.6 Å². The fraction of sp³-hybridized carbons (Fsp3) is 0.548. The third-order valence-corrected chi connectivity index (χ3v) is 11.4. The Kier molecular flexibility index (Phi) is 9.42. The number of likely N-dealkylation sites (tertiary alicyclic amines) is 1. The van der Waals surface area contributed by atoms with E-state index in [9.17, 15) is 53.8 Å². The van der Waals surface area contributed by atoms with Gasteiger partial charge in [-0.25, -0.2) is 12.8 Å². The van der Waals surface area contributed by atoms with Crippen molar-refractivity contribution >= 4 is 21.7 Å². The fourth-order valence-corrected chi connectivity index (χ4v) is 8.60. The Labute approximate surface area is 256 Å². The topological polar surface area (TPSA) is 91.8 Å². The molecule has 2 aliphatic rings. The van der Waals surface area contributed by atoms with Crippen molar-refractivity contribution in [1.82, 2.24) is 4.90 Å². The molecule has 1 aliphatic heterocycles. The predicted molar refractivity (Wildman–Crippen MR) is 149 cm³/mol. The van der Waals surface area contributed by atoms with E-state index in [1.54, 1.807) is 6.07 Å². The SMILES string of the molecule is CC(C)Cc1cccc(S(=O)(=O)C2(c3ccc(C(F)(C(F)(F)F)C(F)(F)F)cc3)CCN(C(=O)[C@H]3CC[C@H](C(=O)O)CC3)C2)c1. The zero-order chi connectivity index (χ0) is 33.6. The molecule has 45 heavy (non-hydrogen) atoms. The van der Waals surface area contributed by atoms with Gasteiger partial charge in [0.1, 0.15) is 4.75 Å². The van der Waals surface area contributed by atoms with Gasteiger partial charge in [0.15, 0.2) is 9.84 Å². The largest absolute Gasteiger partial charge is 0.481 e. The van der Waals surface area contributed by atoms with Gasteiger partial charge in [-0.3, -0.25) is 9.59 Å². The number of carboxylic acids is 1. The molecule has 0 bridgehead atoms. The summed E-state index contributed by atoms with van der Waals surface area (Å²) in [7, 11) is -4.44. The maximum Gasteiger partial charge on any atom is 0.435 e. The third kappa shape index (κ3) is 6.31. The van der Waals surface area contributed by atoms with Crippen LogP contribution in [0.1, 0.15) is 62.6 Å². The molecule has 1 saturated carbocycles. The van der Waals surface area contributed by atoms with Gasteiger partial charge in [0.05, 0.1) is 10.8 Å². The second-order valence-corrected chi connectivity index (χ2v) is 14.6. The molecule has 1 saturated heterocycles. The summed E-state index contributed by atoms with van der Waals surface area (Å²) in [6.45, 7) is 3.34. The molecule has 2 aromatic carbocycles. The first-order valence-corrected chi connectivity index (χ1v) is 16.0. The van der Waals surface area contributed by atoms with Crippen LogP contribution in [0.3, 0.4) is 0 Å². The lowest BCUT2D eigenvalue weighted by atomic mass is 9.81. The number of hydrogen-bond acceptors (Lipinski definition) is 4. The molecule has 0 aromatic heterocycles. The molecule has 1 N–H and O–H groups in total. The van der Waals surface area contributed by atoms with Gasteiger partial charge in [-0.15, -0.1) is 0 Å². The molecular weight excluding hydrogens is 631 g/mol. The number of aliphatic carboxylic acids is 1. The average Bonchev–Trinajstić information content (AvgIpc) is 3.42. The van der Waals surface area contributed by atoms with Crippen molar-refractivity contribution < 1.29 is 53.8 Å². The molecule has 1 heterocycles. The summed E-state index contributed by atoms with van der Waals surface area (Å²) in [5, 5.41) is 9.28. The Morgan fingerprint density at radius 3 is 1.98 bits per heavy atom. The summed E-state index contributed by atoms with van der Waals surface area (Å²) in [6, 6.07) is 8.15. The van der Waals surface area contributed by atoms with Crippen LogP contribution in [0.5, 0.6) is 0 Å². The number of rotatable bonds is 8.